The molecule has 142 valence electrons. The van der Waals surface area contributed by atoms with E-state index in [1.165, 1.54) is 22.2 Å². The van der Waals surface area contributed by atoms with Gasteiger partial charge in [-0.25, -0.2) is 4.98 Å². The van der Waals surface area contributed by atoms with E-state index in [0.29, 0.717) is 23.3 Å². The Bertz CT molecular complexity index is 1050. The summed E-state index contributed by atoms with van der Waals surface area (Å²) in [6.07, 6.45) is 3.12. The summed E-state index contributed by atoms with van der Waals surface area (Å²) in [4.78, 5) is 38.2. The van der Waals surface area contributed by atoms with Crippen LogP contribution in [-0.4, -0.2) is 31.8 Å². The van der Waals surface area contributed by atoms with E-state index in [9.17, 15) is 9.59 Å². The van der Waals surface area contributed by atoms with Crippen LogP contribution in [0.1, 0.15) is 47.4 Å². The molecule has 4 rings (SSSR count). The number of carbonyl (C=O) groups is 1. The third kappa shape index (κ3) is 3.77. The average Bonchev–Trinajstić information content (AvgIpc) is 3.30. The van der Waals surface area contributed by atoms with Crippen LogP contribution in [0.5, 0.6) is 0 Å². The molecule has 0 aromatic carbocycles. The van der Waals surface area contributed by atoms with Crippen LogP contribution in [0.3, 0.4) is 0 Å². The lowest BCUT2D eigenvalue weighted by Gasteiger charge is -2.09. The smallest absolute Gasteiger partial charge is 0.259 e. The Labute approximate surface area is 163 Å². The Kier molecular flexibility index (Phi) is 5.00. The molecule has 1 aliphatic carbocycles. The summed E-state index contributed by atoms with van der Waals surface area (Å²) in [6, 6.07) is -0.345. The SMILES string of the molecule is Cc1noc(C(C)NC(=O)CSCc2nc3sc4c(c3c(=O)[nH]2)CCC4)n1. The van der Waals surface area contributed by atoms with Crippen LogP contribution < -0.4 is 10.9 Å². The standard InChI is InChI=1S/C17H19N5O3S2/c1-8(16-19-9(2)22-25-16)18-13(23)7-26-6-12-20-15(24)14-10-4-3-5-11(10)27-17(14)21-12/h8H,3-7H2,1-2H3,(H,18,23)(H,20,21,24). The molecule has 8 nitrogen and oxygen atoms in total. The van der Waals surface area contributed by atoms with Gasteiger partial charge in [-0.15, -0.1) is 23.1 Å². The first-order valence-corrected chi connectivity index (χ1v) is 10.7. The van der Waals surface area contributed by atoms with Crippen LogP contribution in [-0.2, 0) is 23.4 Å². The number of hydrogen-bond acceptors (Lipinski definition) is 8. The fourth-order valence-corrected chi connectivity index (χ4v) is 5.17. The molecule has 0 aliphatic heterocycles. The van der Waals surface area contributed by atoms with E-state index in [1.54, 1.807) is 25.2 Å². The van der Waals surface area contributed by atoms with Gasteiger partial charge in [0.15, 0.2) is 5.82 Å². The summed E-state index contributed by atoms with van der Waals surface area (Å²) >= 11 is 3.02. The van der Waals surface area contributed by atoms with Crippen molar-refractivity contribution in [3.8, 4) is 0 Å². The van der Waals surface area contributed by atoms with Crippen LogP contribution in [0.25, 0.3) is 10.2 Å². The molecular formula is C17H19N5O3S2. The van der Waals surface area contributed by atoms with Crippen molar-refractivity contribution in [3.63, 3.8) is 0 Å². The van der Waals surface area contributed by atoms with Gasteiger partial charge in [0, 0.05) is 4.88 Å². The van der Waals surface area contributed by atoms with E-state index >= 15 is 0 Å². The van der Waals surface area contributed by atoms with Gasteiger partial charge >= 0.3 is 0 Å². The van der Waals surface area contributed by atoms with Crippen molar-refractivity contribution < 1.29 is 9.32 Å². The minimum atomic E-state index is -0.345. The third-order valence-electron chi connectivity index (χ3n) is 4.39. The number of nitrogens with one attached hydrogen (secondary N) is 2. The van der Waals surface area contributed by atoms with Gasteiger partial charge in [-0.3, -0.25) is 9.59 Å². The van der Waals surface area contributed by atoms with E-state index in [-0.39, 0.29) is 23.3 Å². The molecule has 0 bridgehead atoms. The lowest BCUT2D eigenvalue weighted by molar-refractivity contribution is -0.119. The number of rotatable bonds is 6. The Morgan fingerprint density at radius 1 is 1.41 bits per heavy atom. The Morgan fingerprint density at radius 2 is 2.26 bits per heavy atom. The van der Waals surface area contributed by atoms with Gasteiger partial charge in [0.25, 0.3) is 5.56 Å². The second kappa shape index (κ2) is 7.43. The van der Waals surface area contributed by atoms with E-state index in [1.807, 2.05) is 0 Å². The van der Waals surface area contributed by atoms with E-state index in [4.69, 9.17) is 4.52 Å². The van der Waals surface area contributed by atoms with Gasteiger partial charge in [0.05, 0.1) is 16.9 Å². The van der Waals surface area contributed by atoms with Crippen LogP contribution in [0.2, 0.25) is 0 Å². The van der Waals surface area contributed by atoms with Crippen molar-refractivity contribution in [2.75, 3.05) is 5.75 Å². The molecule has 1 aliphatic rings. The summed E-state index contributed by atoms with van der Waals surface area (Å²) in [5.41, 5.74) is 1.10. The maximum absolute atomic E-state index is 12.4. The Hall–Kier alpha value is -2.20. The highest BCUT2D eigenvalue weighted by atomic mass is 32.2. The normalized spacial score (nSPS) is 14.4. The van der Waals surface area contributed by atoms with Crippen molar-refractivity contribution in [2.24, 2.45) is 0 Å². The molecule has 0 spiro atoms. The second-order valence-electron chi connectivity index (χ2n) is 6.51. The average molecular weight is 406 g/mol. The molecule has 0 saturated heterocycles. The molecule has 10 heteroatoms. The summed E-state index contributed by atoms with van der Waals surface area (Å²) in [7, 11) is 0. The van der Waals surface area contributed by atoms with Gasteiger partial charge in [-0.2, -0.15) is 4.98 Å². The van der Waals surface area contributed by atoms with Gasteiger partial charge in [0.2, 0.25) is 11.8 Å². The Balaban J connectivity index is 1.35. The quantitative estimate of drug-likeness (QED) is 0.647. The predicted molar refractivity (Wildman–Crippen MR) is 104 cm³/mol. The zero-order valence-electron chi connectivity index (χ0n) is 15.0. The fraction of sp³-hybridized carbons (Fsp3) is 0.471. The zero-order chi connectivity index (χ0) is 19.0. The van der Waals surface area contributed by atoms with Crippen LogP contribution in [0.15, 0.2) is 9.32 Å². The fourth-order valence-electron chi connectivity index (χ4n) is 3.19. The molecule has 0 saturated carbocycles. The van der Waals surface area contributed by atoms with E-state index in [2.05, 4.69) is 25.4 Å². The van der Waals surface area contributed by atoms with Crippen LogP contribution in [0, 0.1) is 6.92 Å². The maximum Gasteiger partial charge on any atom is 0.259 e. The van der Waals surface area contributed by atoms with Gasteiger partial charge < -0.3 is 14.8 Å². The minimum Gasteiger partial charge on any atom is -0.344 e. The number of aromatic amines is 1. The number of thiophene rings is 1. The minimum absolute atomic E-state index is 0.0696. The van der Waals surface area contributed by atoms with Crippen LogP contribution in [0.4, 0.5) is 0 Å². The first-order chi connectivity index (χ1) is 13.0. The highest BCUT2D eigenvalue weighted by Gasteiger charge is 2.21. The molecule has 2 N–H and O–H groups in total. The molecule has 27 heavy (non-hydrogen) atoms. The first-order valence-electron chi connectivity index (χ1n) is 8.72. The van der Waals surface area contributed by atoms with E-state index in [0.717, 1.165) is 29.5 Å². The van der Waals surface area contributed by atoms with Crippen LogP contribution >= 0.6 is 23.1 Å². The van der Waals surface area contributed by atoms with Gasteiger partial charge in [-0.1, -0.05) is 5.16 Å². The predicted octanol–water partition coefficient (Wildman–Crippen LogP) is 2.28. The first kappa shape index (κ1) is 18.2. The highest BCUT2D eigenvalue weighted by molar-refractivity contribution is 7.99. The van der Waals surface area contributed by atoms with Crippen molar-refractivity contribution in [1.82, 2.24) is 25.4 Å². The monoisotopic (exact) mass is 405 g/mol. The molecule has 3 aromatic heterocycles. The molecule has 3 heterocycles. The number of carbonyl (C=O) groups excluding carboxylic acids is 1. The number of fused-ring (bicyclic) bond motifs is 3. The number of amides is 1. The van der Waals surface area contributed by atoms with Gasteiger partial charge in [0.1, 0.15) is 16.7 Å². The number of aryl methyl sites for hydroxylation is 3. The Morgan fingerprint density at radius 3 is 3.04 bits per heavy atom. The summed E-state index contributed by atoms with van der Waals surface area (Å²) in [5, 5.41) is 7.28. The second-order valence-corrected chi connectivity index (χ2v) is 8.58. The number of nitrogens with zero attached hydrogens (tertiary/aromatic N) is 3. The number of H-pyrrole nitrogens is 1. The number of aromatic nitrogens is 4. The molecule has 0 radical (unpaired) electrons. The third-order valence-corrected chi connectivity index (χ3v) is 6.52. The van der Waals surface area contributed by atoms with E-state index < -0.39 is 0 Å². The molecule has 1 amide bonds. The molecule has 1 atom stereocenters. The molecular weight excluding hydrogens is 386 g/mol. The lowest BCUT2D eigenvalue weighted by atomic mass is 10.2. The maximum atomic E-state index is 12.4. The van der Waals surface area contributed by atoms with Gasteiger partial charge in [-0.05, 0) is 38.7 Å². The largest absolute Gasteiger partial charge is 0.344 e. The van der Waals surface area contributed by atoms with Crippen molar-refractivity contribution in [1.29, 1.82) is 0 Å². The summed E-state index contributed by atoms with van der Waals surface area (Å²) < 4.78 is 5.05. The number of hydrogen-bond donors (Lipinski definition) is 2. The van der Waals surface area contributed by atoms with Crippen molar-refractivity contribution >= 4 is 39.2 Å². The highest BCUT2D eigenvalue weighted by Crippen LogP contribution is 2.34. The molecule has 3 aromatic rings. The molecule has 1 unspecified atom stereocenters. The van der Waals surface area contributed by atoms with Crippen molar-refractivity contribution in [2.45, 2.75) is 44.9 Å². The summed E-state index contributed by atoms with van der Waals surface area (Å²) in [6.45, 7) is 3.52. The molecule has 0 fully saturated rings. The van der Waals surface area contributed by atoms with Crippen molar-refractivity contribution in [3.05, 3.63) is 38.3 Å². The zero-order valence-corrected chi connectivity index (χ0v) is 16.6. The number of thioether (sulfide) groups is 1. The summed E-state index contributed by atoms with van der Waals surface area (Å²) in [5.74, 6) is 2.10. The topological polar surface area (TPSA) is 114 Å². The lowest BCUT2D eigenvalue weighted by Crippen LogP contribution is -2.28.